The average Bonchev–Trinajstić information content (AvgIpc) is 2.48. The monoisotopic (exact) mass is 294 g/mol. The Kier molecular flexibility index (Phi) is 7.65. The highest BCUT2D eigenvalue weighted by Gasteiger charge is 2.20. The molecular weight excluding hydrogens is 268 g/mol. The van der Waals surface area contributed by atoms with Crippen LogP contribution in [0.4, 0.5) is 0 Å². The zero-order chi connectivity index (χ0) is 15.7. The summed E-state index contributed by atoms with van der Waals surface area (Å²) in [4.78, 5) is 11.8. The van der Waals surface area contributed by atoms with Crippen molar-refractivity contribution in [2.45, 2.75) is 47.0 Å². The number of carbonyl (C=O) groups excluding carboxylic acids is 1. The van der Waals surface area contributed by atoms with E-state index in [4.69, 9.17) is 14.2 Å². The largest absolute Gasteiger partial charge is 0.490 e. The summed E-state index contributed by atoms with van der Waals surface area (Å²) in [6, 6.07) is 3.54. The third-order valence-corrected chi connectivity index (χ3v) is 2.82. The number of Topliss-reactive ketones (excluding diaryl/α,β-unsaturated/α-hetero) is 1. The molecule has 0 N–H and O–H groups in total. The molecule has 0 bridgehead atoms. The van der Waals surface area contributed by atoms with Crippen LogP contribution >= 0.6 is 0 Å². The maximum absolute atomic E-state index is 11.8. The lowest BCUT2D eigenvalue weighted by Crippen LogP contribution is -2.08. The van der Waals surface area contributed by atoms with Gasteiger partial charge in [0.1, 0.15) is 0 Å². The number of ketones is 1. The van der Waals surface area contributed by atoms with E-state index >= 15 is 0 Å². The Hall–Kier alpha value is -1.71. The highest BCUT2D eigenvalue weighted by Crippen LogP contribution is 2.41. The molecule has 21 heavy (non-hydrogen) atoms. The summed E-state index contributed by atoms with van der Waals surface area (Å²) in [6.45, 7) is 9.35. The van der Waals surface area contributed by atoms with Crippen LogP contribution in [-0.4, -0.2) is 25.6 Å². The van der Waals surface area contributed by atoms with Crippen LogP contribution in [0, 0.1) is 0 Å². The lowest BCUT2D eigenvalue weighted by Gasteiger charge is -2.18. The third-order valence-electron chi connectivity index (χ3n) is 2.82. The highest BCUT2D eigenvalue weighted by molar-refractivity contribution is 5.98. The SMILES string of the molecule is CCCOc1ccc(C(C)=O)c(OCCC)c1OCCC. The van der Waals surface area contributed by atoms with E-state index in [0.29, 0.717) is 42.6 Å². The first-order chi connectivity index (χ1) is 10.2. The van der Waals surface area contributed by atoms with Gasteiger partial charge in [-0.25, -0.2) is 0 Å². The van der Waals surface area contributed by atoms with Crippen LogP contribution in [0.1, 0.15) is 57.3 Å². The maximum Gasteiger partial charge on any atom is 0.204 e. The van der Waals surface area contributed by atoms with E-state index in [1.54, 1.807) is 12.1 Å². The quantitative estimate of drug-likeness (QED) is 0.605. The molecule has 1 aromatic rings. The second-order valence-electron chi connectivity index (χ2n) is 4.87. The van der Waals surface area contributed by atoms with Crippen LogP contribution in [0.3, 0.4) is 0 Å². The molecule has 0 aliphatic rings. The van der Waals surface area contributed by atoms with Crippen molar-refractivity contribution in [3.8, 4) is 17.2 Å². The molecule has 0 aliphatic heterocycles. The minimum Gasteiger partial charge on any atom is -0.490 e. The molecule has 118 valence electrons. The van der Waals surface area contributed by atoms with Crippen LogP contribution < -0.4 is 14.2 Å². The molecule has 0 saturated heterocycles. The molecule has 0 amide bonds. The molecule has 0 spiro atoms. The summed E-state index contributed by atoms with van der Waals surface area (Å²) >= 11 is 0. The van der Waals surface area contributed by atoms with Gasteiger partial charge in [-0.3, -0.25) is 4.79 Å². The predicted molar refractivity (Wildman–Crippen MR) is 83.8 cm³/mol. The van der Waals surface area contributed by atoms with Crippen LogP contribution in [0.5, 0.6) is 17.2 Å². The number of hydrogen-bond acceptors (Lipinski definition) is 4. The lowest BCUT2D eigenvalue weighted by atomic mass is 10.1. The van der Waals surface area contributed by atoms with Gasteiger partial charge in [0.15, 0.2) is 17.3 Å². The Morgan fingerprint density at radius 2 is 1.38 bits per heavy atom. The van der Waals surface area contributed by atoms with Crippen molar-refractivity contribution in [3.63, 3.8) is 0 Å². The second-order valence-corrected chi connectivity index (χ2v) is 4.87. The zero-order valence-electron chi connectivity index (χ0n) is 13.5. The molecule has 0 unspecified atom stereocenters. The topological polar surface area (TPSA) is 44.8 Å². The zero-order valence-corrected chi connectivity index (χ0v) is 13.5. The Morgan fingerprint density at radius 3 is 1.90 bits per heavy atom. The summed E-state index contributed by atoms with van der Waals surface area (Å²) in [5, 5.41) is 0. The molecule has 0 saturated carbocycles. The minimum atomic E-state index is -0.0375. The molecule has 0 radical (unpaired) electrons. The summed E-state index contributed by atoms with van der Waals surface area (Å²) in [5.41, 5.74) is 0.540. The standard InChI is InChI=1S/C17H26O4/c1-5-10-19-15-9-8-14(13(4)18)16(20-11-6-2)17(15)21-12-7-3/h8-9H,5-7,10-12H2,1-4H3. The van der Waals surface area contributed by atoms with Crippen LogP contribution in [0.15, 0.2) is 12.1 Å². The summed E-state index contributed by atoms with van der Waals surface area (Å²) in [7, 11) is 0. The first-order valence-electron chi connectivity index (χ1n) is 7.71. The van der Waals surface area contributed by atoms with E-state index in [2.05, 4.69) is 0 Å². The first kappa shape index (κ1) is 17.3. The number of hydrogen-bond donors (Lipinski definition) is 0. The Bertz CT molecular complexity index is 454. The van der Waals surface area contributed by atoms with Gasteiger partial charge in [-0.15, -0.1) is 0 Å². The van der Waals surface area contributed by atoms with Crippen molar-refractivity contribution in [1.82, 2.24) is 0 Å². The van der Waals surface area contributed by atoms with Gasteiger partial charge < -0.3 is 14.2 Å². The molecule has 1 rings (SSSR count). The van der Waals surface area contributed by atoms with Gasteiger partial charge in [0.2, 0.25) is 5.75 Å². The van der Waals surface area contributed by atoms with E-state index in [9.17, 15) is 4.79 Å². The second kappa shape index (κ2) is 9.27. The van der Waals surface area contributed by atoms with E-state index < -0.39 is 0 Å². The number of rotatable bonds is 10. The summed E-state index contributed by atoms with van der Waals surface area (Å²) < 4.78 is 17.3. The van der Waals surface area contributed by atoms with Crippen molar-refractivity contribution < 1.29 is 19.0 Å². The van der Waals surface area contributed by atoms with E-state index in [1.807, 2.05) is 20.8 Å². The Morgan fingerprint density at radius 1 is 0.857 bits per heavy atom. The smallest absolute Gasteiger partial charge is 0.204 e. The lowest BCUT2D eigenvalue weighted by molar-refractivity contribution is 0.101. The molecule has 0 heterocycles. The first-order valence-corrected chi connectivity index (χ1v) is 7.71. The molecule has 4 heteroatoms. The van der Waals surface area contributed by atoms with Crippen molar-refractivity contribution in [2.75, 3.05) is 19.8 Å². The fourth-order valence-electron chi connectivity index (χ4n) is 1.84. The van der Waals surface area contributed by atoms with Gasteiger partial charge in [0, 0.05) is 0 Å². The predicted octanol–water partition coefficient (Wildman–Crippen LogP) is 4.26. The van der Waals surface area contributed by atoms with Gasteiger partial charge in [0.25, 0.3) is 0 Å². The van der Waals surface area contributed by atoms with Crippen LogP contribution in [0.2, 0.25) is 0 Å². The fourth-order valence-corrected chi connectivity index (χ4v) is 1.84. The van der Waals surface area contributed by atoms with Gasteiger partial charge in [-0.1, -0.05) is 20.8 Å². The molecule has 4 nitrogen and oxygen atoms in total. The molecule has 0 aromatic heterocycles. The van der Waals surface area contributed by atoms with Gasteiger partial charge >= 0.3 is 0 Å². The summed E-state index contributed by atoms with van der Waals surface area (Å²) in [5.74, 6) is 1.66. The average molecular weight is 294 g/mol. The molecular formula is C17H26O4. The number of benzene rings is 1. The molecule has 1 aromatic carbocycles. The van der Waals surface area contributed by atoms with Gasteiger partial charge in [-0.2, -0.15) is 0 Å². The van der Waals surface area contributed by atoms with Crippen molar-refractivity contribution in [2.24, 2.45) is 0 Å². The number of carbonyl (C=O) groups is 1. The van der Waals surface area contributed by atoms with Crippen molar-refractivity contribution >= 4 is 5.78 Å². The maximum atomic E-state index is 11.8. The number of ether oxygens (including phenoxy) is 3. The van der Waals surface area contributed by atoms with E-state index in [1.165, 1.54) is 6.92 Å². The van der Waals surface area contributed by atoms with E-state index in [-0.39, 0.29) is 5.78 Å². The third kappa shape index (κ3) is 4.96. The fraction of sp³-hybridized carbons (Fsp3) is 0.588. The van der Waals surface area contributed by atoms with Crippen molar-refractivity contribution in [1.29, 1.82) is 0 Å². The Balaban J connectivity index is 3.22. The van der Waals surface area contributed by atoms with Crippen LogP contribution in [0.25, 0.3) is 0 Å². The molecule has 0 atom stereocenters. The molecule has 0 aliphatic carbocycles. The summed E-state index contributed by atoms with van der Waals surface area (Å²) in [6.07, 6.45) is 2.65. The normalized spacial score (nSPS) is 10.3. The highest BCUT2D eigenvalue weighted by atomic mass is 16.5. The van der Waals surface area contributed by atoms with Gasteiger partial charge in [0.05, 0.1) is 25.4 Å². The van der Waals surface area contributed by atoms with Gasteiger partial charge in [-0.05, 0) is 38.3 Å². The Labute approximate surface area is 127 Å². The van der Waals surface area contributed by atoms with Crippen LogP contribution in [-0.2, 0) is 0 Å². The van der Waals surface area contributed by atoms with Crippen molar-refractivity contribution in [3.05, 3.63) is 17.7 Å². The van der Waals surface area contributed by atoms with E-state index in [0.717, 1.165) is 19.3 Å². The molecule has 0 fully saturated rings. The minimum absolute atomic E-state index is 0.0375.